The van der Waals surface area contributed by atoms with Crippen LogP contribution in [-0.4, -0.2) is 50.2 Å². The molecule has 0 aliphatic heterocycles. The van der Waals surface area contributed by atoms with Gasteiger partial charge in [-0.25, -0.2) is 0 Å². The summed E-state index contributed by atoms with van der Waals surface area (Å²) in [5.41, 5.74) is 0.587. The van der Waals surface area contributed by atoms with E-state index in [0.717, 1.165) is 10.9 Å². The maximum atomic E-state index is 12.6. The van der Waals surface area contributed by atoms with Crippen molar-refractivity contribution < 1.29 is 19.1 Å². The quantitative estimate of drug-likeness (QED) is 0.494. The smallest absolute Gasteiger partial charge is 0.307 e. The van der Waals surface area contributed by atoms with Gasteiger partial charge < -0.3 is 14.4 Å². The third-order valence-corrected chi connectivity index (χ3v) is 3.82. The van der Waals surface area contributed by atoms with Crippen LogP contribution >= 0.6 is 15.9 Å². The highest BCUT2D eigenvalue weighted by Gasteiger charge is 2.18. The molecule has 0 aromatic heterocycles. The SMILES string of the molecule is CCOCCCN(CCC(=O)OC)C(=O)c1ccccc1Br. The van der Waals surface area contributed by atoms with Gasteiger partial charge in [-0.1, -0.05) is 12.1 Å². The normalized spacial score (nSPS) is 10.3. The third kappa shape index (κ3) is 6.15. The molecule has 1 amide bonds. The van der Waals surface area contributed by atoms with Gasteiger partial charge in [0.05, 0.1) is 19.1 Å². The number of hydrogen-bond acceptors (Lipinski definition) is 4. The maximum Gasteiger partial charge on any atom is 0.307 e. The molecule has 0 N–H and O–H groups in total. The summed E-state index contributed by atoms with van der Waals surface area (Å²) in [6.07, 6.45) is 0.909. The summed E-state index contributed by atoms with van der Waals surface area (Å²) in [7, 11) is 1.34. The van der Waals surface area contributed by atoms with Crippen LogP contribution < -0.4 is 0 Å². The first-order valence-corrected chi connectivity index (χ1v) is 8.07. The number of benzene rings is 1. The van der Waals surface area contributed by atoms with Crippen LogP contribution in [-0.2, 0) is 14.3 Å². The molecule has 0 aliphatic carbocycles. The van der Waals surface area contributed by atoms with Crippen molar-refractivity contribution in [2.24, 2.45) is 0 Å². The minimum absolute atomic E-state index is 0.104. The first-order valence-electron chi connectivity index (χ1n) is 7.28. The van der Waals surface area contributed by atoms with Gasteiger partial charge >= 0.3 is 5.97 Å². The molecule has 0 unspecified atom stereocenters. The second-order valence-electron chi connectivity index (χ2n) is 4.65. The number of methoxy groups -OCH3 is 1. The largest absolute Gasteiger partial charge is 0.469 e. The molecule has 1 aromatic carbocycles. The zero-order valence-corrected chi connectivity index (χ0v) is 14.6. The molecule has 0 atom stereocenters. The number of amides is 1. The topological polar surface area (TPSA) is 55.8 Å². The monoisotopic (exact) mass is 371 g/mol. The number of rotatable bonds is 9. The molecule has 1 aromatic rings. The predicted octanol–water partition coefficient (Wildman–Crippen LogP) is 2.88. The summed E-state index contributed by atoms with van der Waals surface area (Å²) in [4.78, 5) is 25.6. The standard InChI is InChI=1S/C16H22BrNO4/c1-3-22-12-6-10-18(11-9-15(19)21-2)16(20)13-7-4-5-8-14(13)17/h4-5,7-8H,3,6,9-12H2,1-2H3. The van der Waals surface area contributed by atoms with Gasteiger partial charge in [-0.3, -0.25) is 9.59 Å². The van der Waals surface area contributed by atoms with Crippen molar-refractivity contribution in [1.29, 1.82) is 0 Å². The van der Waals surface area contributed by atoms with Gasteiger partial charge in [-0.15, -0.1) is 0 Å². The molecule has 5 nitrogen and oxygen atoms in total. The molecule has 122 valence electrons. The molecule has 0 aliphatic rings. The van der Waals surface area contributed by atoms with Crippen molar-refractivity contribution in [2.75, 3.05) is 33.4 Å². The van der Waals surface area contributed by atoms with E-state index in [1.165, 1.54) is 7.11 Å². The number of nitrogens with zero attached hydrogens (tertiary/aromatic N) is 1. The molecule has 22 heavy (non-hydrogen) atoms. The predicted molar refractivity (Wildman–Crippen MR) is 87.8 cm³/mol. The average molecular weight is 372 g/mol. The van der Waals surface area contributed by atoms with Gasteiger partial charge in [0.1, 0.15) is 0 Å². The Labute approximate surface area is 139 Å². The Kier molecular flexibility index (Phi) is 8.77. The molecule has 0 radical (unpaired) electrons. The second kappa shape index (κ2) is 10.3. The Morgan fingerprint density at radius 2 is 1.95 bits per heavy atom. The zero-order valence-electron chi connectivity index (χ0n) is 13.0. The molecule has 0 saturated carbocycles. The van der Waals surface area contributed by atoms with Crippen LogP contribution in [0.1, 0.15) is 30.1 Å². The minimum Gasteiger partial charge on any atom is -0.469 e. The number of ether oxygens (including phenoxy) is 2. The summed E-state index contributed by atoms with van der Waals surface area (Å²) >= 11 is 3.39. The summed E-state index contributed by atoms with van der Waals surface area (Å²) in [5, 5.41) is 0. The number of carbonyl (C=O) groups excluding carboxylic acids is 2. The van der Waals surface area contributed by atoms with Crippen LogP contribution in [0.5, 0.6) is 0 Å². The van der Waals surface area contributed by atoms with E-state index in [1.54, 1.807) is 11.0 Å². The van der Waals surface area contributed by atoms with Crippen LogP contribution in [0.4, 0.5) is 0 Å². The molecule has 0 spiro atoms. The number of carbonyl (C=O) groups is 2. The van der Waals surface area contributed by atoms with E-state index in [0.29, 0.717) is 31.9 Å². The van der Waals surface area contributed by atoms with Crippen LogP contribution in [0.25, 0.3) is 0 Å². The lowest BCUT2D eigenvalue weighted by Crippen LogP contribution is -2.34. The summed E-state index contributed by atoms with van der Waals surface area (Å²) in [6.45, 7) is 4.05. The fourth-order valence-electron chi connectivity index (χ4n) is 1.95. The van der Waals surface area contributed by atoms with Gasteiger partial charge in [0.2, 0.25) is 0 Å². The van der Waals surface area contributed by atoms with Gasteiger partial charge in [0.25, 0.3) is 5.91 Å². The van der Waals surface area contributed by atoms with E-state index >= 15 is 0 Å². The average Bonchev–Trinajstić information content (AvgIpc) is 2.53. The van der Waals surface area contributed by atoms with Crippen LogP contribution in [0.3, 0.4) is 0 Å². The molecular weight excluding hydrogens is 350 g/mol. The van der Waals surface area contributed by atoms with E-state index in [-0.39, 0.29) is 18.3 Å². The number of halogens is 1. The van der Waals surface area contributed by atoms with Crippen LogP contribution in [0.15, 0.2) is 28.7 Å². The number of esters is 1. The van der Waals surface area contributed by atoms with E-state index in [1.807, 2.05) is 25.1 Å². The fraction of sp³-hybridized carbons (Fsp3) is 0.500. The second-order valence-corrected chi connectivity index (χ2v) is 5.50. The van der Waals surface area contributed by atoms with E-state index in [4.69, 9.17) is 4.74 Å². The highest BCUT2D eigenvalue weighted by Crippen LogP contribution is 2.18. The summed E-state index contributed by atoms with van der Waals surface area (Å²) in [5.74, 6) is -0.428. The zero-order chi connectivity index (χ0) is 16.4. The lowest BCUT2D eigenvalue weighted by Gasteiger charge is -2.23. The van der Waals surface area contributed by atoms with E-state index < -0.39 is 0 Å². The fourth-order valence-corrected chi connectivity index (χ4v) is 2.40. The lowest BCUT2D eigenvalue weighted by atomic mass is 10.2. The number of hydrogen-bond donors (Lipinski definition) is 0. The van der Waals surface area contributed by atoms with Crippen molar-refractivity contribution in [1.82, 2.24) is 4.90 Å². The highest BCUT2D eigenvalue weighted by atomic mass is 79.9. The Morgan fingerprint density at radius 3 is 2.59 bits per heavy atom. The first kappa shape index (κ1) is 18.6. The van der Waals surface area contributed by atoms with Crippen LogP contribution in [0.2, 0.25) is 0 Å². The van der Waals surface area contributed by atoms with Crippen molar-refractivity contribution >= 4 is 27.8 Å². The highest BCUT2D eigenvalue weighted by molar-refractivity contribution is 9.10. The van der Waals surface area contributed by atoms with Crippen molar-refractivity contribution in [3.63, 3.8) is 0 Å². The van der Waals surface area contributed by atoms with Crippen LogP contribution in [0, 0.1) is 0 Å². The van der Waals surface area contributed by atoms with Gasteiger partial charge in [-0.2, -0.15) is 0 Å². The summed E-state index contributed by atoms with van der Waals surface area (Å²) < 4.78 is 10.7. The molecule has 0 heterocycles. The maximum absolute atomic E-state index is 12.6. The third-order valence-electron chi connectivity index (χ3n) is 3.13. The molecule has 6 heteroatoms. The van der Waals surface area contributed by atoms with Crippen molar-refractivity contribution in [3.05, 3.63) is 34.3 Å². The molecular formula is C16H22BrNO4. The van der Waals surface area contributed by atoms with E-state index in [9.17, 15) is 9.59 Å². The summed E-state index contributed by atoms with van der Waals surface area (Å²) in [6, 6.07) is 7.26. The lowest BCUT2D eigenvalue weighted by molar-refractivity contribution is -0.140. The minimum atomic E-state index is -0.324. The van der Waals surface area contributed by atoms with Gasteiger partial charge in [0.15, 0.2) is 0 Å². The molecule has 0 bridgehead atoms. The van der Waals surface area contributed by atoms with E-state index in [2.05, 4.69) is 20.7 Å². The van der Waals surface area contributed by atoms with Crippen molar-refractivity contribution in [3.8, 4) is 0 Å². The molecule has 0 fully saturated rings. The van der Waals surface area contributed by atoms with Crippen molar-refractivity contribution in [2.45, 2.75) is 19.8 Å². The Morgan fingerprint density at radius 1 is 1.23 bits per heavy atom. The van der Waals surface area contributed by atoms with Gasteiger partial charge in [-0.05, 0) is 41.4 Å². The van der Waals surface area contributed by atoms with Gasteiger partial charge in [0, 0.05) is 30.8 Å². The molecule has 1 rings (SSSR count). The Balaban J connectivity index is 2.72. The Bertz CT molecular complexity index is 493. The Hall–Kier alpha value is -1.40. The first-order chi connectivity index (χ1) is 10.6. The molecule has 0 saturated heterocycles.